The summed E-state index contributed by atoms with van der Waals surface area (Å²) in [7, 11) is 0. The van der Waals surface area contributed by atoms with Crippen molar-refractivity contribution in [2.45, 2.75) is 0 Å². The average Bonchev–Trinajstić information content (AvgIpc) is 2.50. The molecule has 0 saturated carbocycles. The van der Waals surface area contributed by atoms with Crippen molar-refractivity contribution < 1.29 is 4.39 Å². The predicted molar refractivity (Wildman–Crippen MR) is 80.6 cm³/mol. The van der Waals surface area contributed by atoms with Crippen LogP contribution in [0, 0.1) is 17.1 Å². The summed E-state index contributed by atoms with van der Waals surface area (Å²) in [5.41, 5.74) is 8.61. The highest BCUT2D eigenvalue weighted by Crippen LogP contribution is 2.28. The second-order valence-corrected chi connectivity index (χ2v) is 4.53. The van der Waals surface area contributed by atoms with Gasteiger partial charge in [-0.25, -0.2) is 4.39 Å². The molecule has 0 atom stereocenters. The highest BCUT2D eigenvalue weighted by molar-refractivity contribution is 5.98. The van der Waals surface area contributed by atoms with Crippen molar-refractivity contribution in [3.8, 4) is 6.07 Å². The zero-order valence-electron chi connectivity index (χ0n) is 11.0. The minimum atomic E-state index is -0.535. The van der Waals surface area contributed by atoms with Crippen molar-refractivity contribution in [3.05, 3.63) is 60.0 Å². The van der Waals surface area contributed by atoms with E-state index in [9.17, 15) is 4.39 Å². The lowest BCUT2D eigenvalue weighted by Gasteiger charge is -2.10. The molecular weight excluding hydrogens is 267 g/mol. The van der Waals surface area contributed by atoms with E-state index in [1.165, 1.54) is 12.1 Å². The lowest BCUT2D eigenvalue weighted by atomic mass is 10.1. The summed E-state index contributed by atoms with van der Waals surface area (Å²) < 4.78 is 13.3. The van der Waals surface area contributed by atoms with Crippen molar-refractivity contribution >= 4 is 28.0 Å². The van der Waals surface area contributed by atoms with E-state index >= 15 is 0 Å². The van der Waals surface area contributed by atoms with Crippen LogP contribution in [0.3, 0.4) is 0 Å². The Morgan fingerprint density at radius 2 is 2.05 bits per heavy atom. The van der Waals surface area contributed by atoms with Gasteiger partial charge < -0.3 is 11.1 Å². The largest absolute Gasteiger partial charge is 0.397 e. The van der Waals surface area contributed by atoms with E-state index < -0.39 is 5.82 Å². The van der Waals surface area contributed by atoms with E-state index in [0.717, 1.165) is 11.1 Å². The number of rotatable bonds is 2. The van der Waals surface area contributed by atoms with Crippen LogP contribution >= 0.6 is 0 Å². The first kappa shape index (κ1) is 12.9. The third-order valence-corrected chi connectivity index (χ3v) is 3.17. The van der Waals surface area contributed by atoms with Crippen LogP contribution in [-0.2, 0) is 0 Å². The van der Waals surface area contributed by atoms with Crippen LogP contribution in [0.25, 0.3) is 10.9 Å². The number of anilines is 3. The van der Waals surface area contributed by atoms with Crippen LogP contribution in [0.2, 0.25) is 0 Å². The van der Waals surface area contributed by atoms with Gasteiger partial charge in [-0.2, -0.15) is 5.26 Å². The number of fused-ring (bicyclic) bond motifs is 1. The first-order valence-corrected chi connectivity index (χ1v) is 6.29. The monoisotopic (exact) mass is 278 g/mol. The first-order valence-electron chi connectivity index (χ1n) is 6.29. The van der Waals surface area contributed by atoms with E-state index in [1.807, 2.05) is 18.2 Å². The molecule has 21 heavy (non-hydrogen) atoms. The van der Waals surface area contributed by atoms with Crippen molar-refractivity contribution in [1.29, 1.82) is 5.26 Å². The zero-order chi connectivity index (χ0) is 14.8. The number of halogens is 1. The fourth-order valence-corrected chi connectivity index (χ4v) is 2.15. The molecule has 0 aliphatic carbocycles. The molecule has 102 valence electrons. The number of pyridine rings is 1. The molecule has 0 radical (unpaired) electrons. The van der Waals surface area contributed by atoms with Crippen LogP contribution in [0.1, 0.15) is 5.56 Å². The van der Waals surface area contributed by atoms with Gasteiger partial charge in [-0.05, 0) is 30.3 Å². The third kappa shape index (κ3) is 2.35. The normalized spacial score (nSPS) is 10.3. The standard InChI is InChI=1S/C16H11FN4/c17-13-5-4-11(8-10(13)9-18)21-15-6-7-20-16-12(15)2-1-3-14(16)19/h1-8H,19H2,(H,20,21). The number of nitrogen functional groups attached to an aromatic ring is 1. The van der Waals surface area contributed by atoms with Crippen molar-refractivity contribution in [1.82, 2.24) is 4.98 Å². The van der Waals surface area contributed by atoms with Gasteiger partial charge in [0, 0.05) is 23.0 Å². The van der Waals surface area contributed by atoms with Gasteiger partial charge in [-0.3, -0.25) is 4.98 Å². The highest BCUT2D eigenvalue weighted by Gasteiger charge is 2.07. The number of nitriles is 1. The van der Waals surface area contributed by atoms with E-state index in [4.69, 9.17) is 11.0 Å². The Morgan fingerprint density at radius 1 is 1.19 bits per heavy atom. The summed E-state index contributed by atoms with van der Waals surface area (Å²) in [5, 5.41) is 12.9. The lowest BCUT2D eigenvalue weighted by Crippen LogP contribution is -1.96. The maximum Gasteiger partial charge on any atom is 0.141 e. The molecule has 0 amide bonds. The Kier molecular flexibility index (Phi) is 3.13. The molecule has 0 spiro atoms. The van der Waals surface area contributed by atoms with Gasteiger partial charge in [0.15, 0.2) is 0 Å². The van der Waals surface area contributed by atoms with Gasteiger partial charge in [0.1, 0.15) is 11.9 Å². The molecule has 0 saturated heterocycles. The molecule has 1 heterocycles. The van der Waals surface area contributed by atoms with Crippen molar-refractivity contribution in [2.24, 2.45) is 0 Å². The van der Waals surface area contributed by atoms with Crippen molar-refractivity contribution in [3.63, 3.8) is 0 Å². The number of aromatic nitrogens is 1. The van der Waals surface area contributed by atoms with E-state index in [-0.39, 0.29) is 5.56 Å². The Hall–Kier alpha value is -3.13. The number of nitrogens with two attached hydrogens (primary N) is 1. The molecule has 3 rings (SSSR count). The predicted octanol–water partition coefficient (Wildman–Crippen LogP) is 3.57. The Morgan fingerprint density at radius 3 is 2.86 bits per heavy atom. The highest BCUT2D eigenvalue weighted by atomic mass is 19.1. The fraction of sp³-hybridized carbons (Fsp3) is 0. The van der Waals surface area contributed by atoms with Crippen LogP contribution < -0.4 is 11.1 Å². The number of nitrogens with one attached hydrogen (secondary N) is 1. The second-order valence-electron chi connectivity index (χ2n) is 4.53. The van der Waals surface area contributed by atoms with Crippen LogP contribution in [0.4, 0.5) is 21.5 Å². The molecule has 0 aliphatic heterocycles. The summed E-state index contributed by atoms with van der Waals surface area (Å²) in [6, 6.07) is 13.5. The Labute approximate surface area is 120 Å². The molecule has 0 bridgehead atoms. The number of para-hydroxylation sites is 1. The zero-order valence-corrected chi connectivity index (χ0v) is 11.0. The maximum absolute atomic E-state index is 13.3. The van der Waals surface area contributed by atoms with Crippen LogP contribution in [0.15, 0.2) is 48.7 Å². The van der Waals surface area contributed by atoms with Gasteiger partial charge in [-0.15, -0.1) is 0 Å². The van der Waals surface area contributed by atoms with E-state index in [0.29, 0.717) is 16.9 Å². The smallest absolute Gasteiger partial charge is 0.141 e. The molecular formula is C16H11FN4. The summed E-state index contributed by atoms with van der Waals surface area (Å²) in [4.78, 5) is 4.25. The summed E-state index contributed by atoms with van der Waals surface area (Å²) in [5.74, 6) is -0.535. The van der Waals surface area contributed by atoms with Gasteiger partial charge in [0.25, 0.3) is 0 Å². The maximum atomic E-state index is 13.3. The molecule has 3 N–H and O–H groups in total. The molecule has 4 nitrogen and oxygen atoms in total. The summed E-state index contributed by atoms with van der Waals surface area (Å²) in [6.45, 7) is 0. The summed E-state index contributed by atoms with van der Waals surface area (Å²) in [6.07, 6.45) is 1.65. The molecule has 3 aromatic rings. The van der Waals surface area contributed by atoms with Gasteiger partial charge in [0.2, 0.25) is 0 Å². The molecule has 1 aromatic heterocycles. The lowest BCUT2D eigenvalue weighted by molar-refractivity contribution is 0.624. The third-order valence-electron chi connectivity index (χ3n) is 3.17. The van der Waals surface area contributed by atoms with E-state index in [1.54, 1.807) is 24.4 Å². The van der Waals surface area contributed by atoms with Crippen molar-refractivity contribution in [2.75, 3.05) is 11.1 Å². The number of benzene rings is 2. The van der Waals surface area contributed by atoms with E-state index in [2.05, 4.69) is 10.3 Å². The van der Waals surface area contributed by atoms with Crippen LogP contribution in [0.5, 0.6) is 0 Å². The topological polar surface area (TPSA) is 74.7 Å². The molecule has 0 fully saturated rings. The van der Waals surface area contributed by atoms with Gasteiger partial charge >= 0.3 is 0 Å². The average molecular weight is 278 g/mol. The quantitative estimate of drug-likeness (QED) is 0.703. The minimum absolute atomic E-state index is 0.00197. The molecule has 0 aliphatic rings. The Bertz CT molecular complexity index is 868. The summed E-state index contributed by atoms with van der Waals surface area (Å²) >= 11 is 0. The molecule has 5 heteroatoms. The number of hydrogen-bond donors (Lipinski definition) is 2. The second kappa shape index (κ2) is 5.10. The van der Waals surface area contributed by atoms with Gasteiger partial charge in [-0.1, -0.05) is 12.1 Å². The van der Waals surface area contributed by atoms with Gasteiger partial charge in [0.05, 0.1) is 16.8 Å². The fourth-order valence-electron chi connectivity index (χ4n) is 2.15. The number of nitrogens with zero attached hydrogens (tertiary/aromatic N) is 2. The SMILES string of the molecule is N#Cc1cc(Nc2ccnc3c(N)cccc23)ccc1F. The first-order chi connectivity index (χ1) is 10.2. The molecule has 0 unspecified atom stereocenters. The minimum Gasteiger partial charge on any atom is -0.397 e. The Balaban J connectivity index is 2.07. The molecule has 2 aromatic carbocycles. The number of hydrogen-bond acceptors (Lipinski definition) is 4. The van der Waals surface area contributed by atoms with Crippen LogP contribution in [-0.4, -0.2) is 4.98 Å².